The van der Waals surface area contributed by atoms with Crippen molar-refractivity contribution in [1.29, 1.82) is 0 Å². The zero-order valence-electron chi connectivity index (χ0n) is 10.9. The van der Waals surface area contributed by atoms with Crippen LogP contribution < -0.4 is 0 Å². The predicted octanol–water partition coefficient (Wildman–Crippen LogP) is 3.32. The van der Waals surface area contributed by atoms with E-state index in [2.05, 4.69) is 9.38 Å². The van der Waals surface area contributed by atoms with E-state index < -0.39 is 11.4 Å². The zero-order valence-corrected chi connectivity index (χ0v) is 12.4. The van der Waals surface area contributed by atoms with Crippen LogP contribution in [-0.2, 0) is 17.8 Å². The highest BCUT2D eigenvalue weighted by Crippen LogP contribution is 2.26. The van der Waals surface area contributed by atoms with Crippen LogP contribution in [0.5, 0.6) is 0 Å². The first-order valence-corrected chi connectivity index (χ1v) is 7.51. The second-order valence-corrected chi connectivity index (χ2v) is 7.71. The molecule has 1 aromatic rings. The maximum atomic E-state index is 12.1. The topological polar surface area (TPSA) is 48.3 Å². The van der Waals surface area contributed by atoms with Crippen molar-refractivity contribution in [3.05, 3.63) is 28.5 Å². The molecular formula is C13H17ClN2OS. The average molecular weight is 285 g/mol. The first-order valence-electron chi connectivity index (χ1n) is 6.02. The van der Waals surface area contributed by atoms with Gasteiger partial charge in [0.2, 0.25) is 0 Å². The van der Waals surface area contributed by atoms with Crippen LogP contribution in [0, 0.1) is 0 Å². The van der Waals surface area contributed by atoms with Crippen molar-refractivity contribution in [2.45, 2.75) is 44.8 Å². The van der Waals surface area contributed by atoms with E-state index in [1.165, 1.54) is 0 Å². The summed E-state index contributed by atoms with van der Waals surface area (Å²) in [5.74, 6) is 0. The summed E-state index contributed by atoms with van der Waals surface area (Å²) >= 11 is 4.67. The third-order valence-electron chi connectivity index (χ3n) is 2.84. The summed E-state index contributed by atoms with van der Waals surface area (Å²) < 4.78 is 16.1. The summed E-state index contributed by atoms with van der Waals surface area (Å²) in [6, 6.07) is 1.88. The van der Waals surface area contributed by atoms with E-state index in [9.17, 15) is 4.55 Å². The Hall–Kier alpha value is -0.580. The Morgan fingerprint density at radius 2 is 2.11 bits per heavy atom. The smallest absolute Gasteiger partial charge is 0.144 e. The van der Waals surface area contributed by atoms with E-state index in [1.807, 2.05) is 26.8 Å². The van der Waals surface area contributed by atoms with Crippen LogP contribution in [0.15, 0.2) is 16.7 Å². The van der Waals surface area contributed by atoms with Gasteiger partial charge in [-0.05, 0) is 51.7 Å². The van der Waals surface area contributed by atoms with Crippen LogP contribution in [0.2, 0.25) is 5.15 Å². The van der Waals surface area contributed by atoms with Crippen molar-refractivity contribution in [2.24, 2.45) is 4.40 Å². The van der Waals surface area contributed by atoms with Gasteiger partial charge in [-0.25, -0.2) is 4.98 Å². The molecule has 98 valence electrons. The fourth-order valence-corrected chi connectivity index (χ4v) is 2.69. The van der Waals surface area contributed by atoms with E-state index in [0.717, 1.165) is 36.1 Å². The molecule has 0 N–H and O–H groups in total. The van der Waals surface area contributed by atoms with Gasteiger partial charge in [-0.15, -0.1) is 0 Å². The fraction of sp³-hybridized carbons (Fsp3) is 0.538. The Balaban J connectivity index is 2.36. The molecule has 0 bridgehead atoms. The van der Waals surface area contributed by atoms with E-state index in [4.69, 9.17) is 11.6 Å². The van der Waals surface area contributed by atoms with Crippen molar-refractivity contribution in [3.8, 4) is 0 Å². The molecule has 1 aromatic heterocycles. The molecule has 0 aromatic carbocycles. The number of pyridine rings is 1. The molecule has 3 nitrogen and oxygen atoms in total. The van der Waals surface area contributed by atoms with Gasteiger partial charge in [0, 0.05) is 11.8 Å². The summed E-state index contributed by atoms with van der Waals surface area (Å²) in [5, 5.41) is 0.506. The van der Waals surface area contributed by atoms with Gasteiger partial charge in [0.25, 0.3) is 0 Å². The van der Waals surface area contributed by atoms with Crippen LogP contribution >= 0.6 is 11.6 Å². The van der Waals surface area contributed by atoms with E-state index in [-0.39, 0.29) is 4.75 Å². The van der Waals surface area contributed by atoms with Crippen molar-refractivity contribution >= 4 is 28.7 Å². The molecular weight excluding hydrogens is 268 g/mol. The summed E-state index contributed by atoms with van der Waals surface area (Å²) in [6.07, 6.45) is 4.61. The molecule has 1 atom stereocenters. The Bertz CT molecular complexity index is 482. The van der Waals surface area contributed by atoms with E-state index in [1.54, 1.807) is 6.20 Å². The highest BCUT2D eigenvalue weighted by Gasteiger charge is 2.28. The number of fused-ring (bicyclic) bond motifs is 1. The molecule has 1 unspecified atom stereocenters. The summed E-state index contributed by atoms with van der Waals surface area (Å²) in [5.41, 5.74) is 3.06. The molecule has 1 aliphatic rings. The lowest BCUT2D eigenvalue weighted by Gasteiger charge is -2.22. The van der Waals surface area contributed by atoms with Gasteiger partial charge < -0.3 is 4.55 Å². The van der Waals surface area contributed by atoms with Gasteiger partial charge in [0.15, 0.2) is 0 Å². The van der Waals surface area contributed by atoms with Gasteiger partial charge in [0.1, 0.15) is 27.0 Å². The Labute approximate surface area is 116 Å². The molecule has 0 saturated carbocycles. The standard InChI is InChI=1S/C13H17ClN2OS/c1-13(2,3)18(17)16-11-6-4-5-9-7-12(14)15-8-10(9)11/h7-8H,4-6H2,1-3H3/b16-11+. The molecule has 0 spiro atoms. The van der Waals surface area contributed by atoms with Gasteiger partial charge in [-0.3, -0.25) is 0 Å². The number of aromatic nitrogens is 1. The first kappa shape index (κ1) is 13.8. The van der Waals surface area contributed by atoms with Crippen LogP contribution in [0.3, 0.4) is 0 Å². The van der Waals surface area contributed by atoms with E-state index in [0.29, 0.717) is 5.15 Å². The largest absolute Gasteiger partial charge is 0.591 e. The monoisotopic (exact) mass is 284 g/mol. The lowest BCUT2D eigenvalue weighted by molar-refractivity contribution is 0.561. The minimum Gasteiger partial charge on any atom is -0.591 e. The van der Waals surface area contributed by atoms with Crippen LogP contribution in [0.25, 0.3) is 0 Å². The molecule has 0 aliphatic heterocycles. The minimum atomic E-state index is -1.22. The Morgan fingerprint density at radius 1 is 1.39 bits per heavy atom. The van der Waals surface area contributed by atoms with Crippen LogP contribution in [0.1, 0.15) is 44.7 Å². The SMILES string of the molecule is CC(C)(C)[S+]([O-])/N=C1\CCCc2cc(Cl)ncc21. The molecule has 0 saturated heterocycles. The minimum absolute atomic E-state index is 0.329. The van der Waals surface area contributed by atoms with Crippen LogP contribution in [0.4, 0.5) is 0 Å². The molecule has 5 heteroatoms. The number of hydrogen-bond donors (Lipinski definition) is 0. The van der Waals surface area contributed by atoms with Gasteiger partial charge in [-0.2, -0.15) is 0 Å². The highest BCUT2D eigenvalue weighted by molar-refractivity contribution is 7.91. The summed E-state index contributed by atoms with van der Waals surface area (Å²) in [7, 11) is 0. The second-order valence-electron chi connectivity index (χ2n) is 5.42. The Kier molecular flexibility index (Phi) is 3.99. The molecule has 2 rings (SSSR count). The number of rotatable bonds is 1. The predicted molar refractivity (Wildman–Crippen MR) is 76.6 cm³/mol. The van der Waals surface area contributed by atoms with Crippen molar-refractivity contribution in [1.82, 2.24) is 4.98 Å². The van der Waals surface area contributed by atoms with Crippen LogP contribution in [-0.4, -0.2) is 20.0 Å². The molecule has 1 heterocycles. The lowest BCUT2D eigenvalue weighted by Crippen LogP contribution is -2.27. The number of nitrogens with zero attached hydrogens (tertiary/aromatic N) is 2. The zero-order chi connectivity index (χ0) is 13.3. The number of halogens is 1. The average Bonchev–Trinajstić information content (AvgIpc) is 2.27. The molecule has 0 radical (unpaired) electrons. The molecule has 18 heavy (non-hydrogen) atoms. The maximum Gasteiger partial charge on any atom is 0.144 e. The van der Waals surface area contributed by atoms with E-state index >= 15 is 0 Å². The Morgan fingerprint density at radius 3 is 2.78 bits per heavy atom. The fourth-order valence-electron chi connectivity index (χ4n) is 1.85. The van der Waals surface area contributed by atoms with Gasteiger partial charge in [-0.1, -0.05) is 16.0 Å². The molecule has 0 amide bonds. The summed E-state index contributed by atoms with van der Waals surface area (Å²) in [6.45, 7) is 5.78. The van der Waals surface area contributed by atoms with Crippen molar-refractivity contribution in [2.75, 3.05) is 0 Å². The third-order valence-corrected chi connectivity index (χ3v) is 4.48. The normalized spacial score (nSPS) is 19.7. The number of hydrogen-bond acceptors (Lipinski definition) is 3. The first-order chi connectivity index (χ1) is 8.38. The molecule has 1 aliphatic carbocycles. The lowest BCUT2D eigenvalue weighted by atomic mass is 9.92. The molecule has 0 fully saturated rings. The van der Waals surface area contributed by atoms with Crippen molar-refractivity contribution in [3.63, 3.8) is 0 Å². The third kappa shape index (κ3) is 3.05. The number of aryl methyl sites for hydroxylation is 1. The summed E-state index contributed by atoms with van der Waals surface area (Å²) in [4.78, 5) is 4.10. The maximum absolute atomic E-state index is 12.1. The highest BCUT2D eigenvalue weighted by atomic mass is 35.5. The van der Waals surface area contributed by atoms with Gasteiger partial charge >= 0.3 is 0 Å². The quantitative estimate of drug-likeness (QED) is 0.587. The second kappa shape index (κ2) is 5.19. The van der Waals surface area contributed by atoms with Gasteiger partial charge in [0.05, 0.1) is 0 Å². The van der Waals surface area contributed by atoms with Crippen molar-refractivity contribution < 1.29 is 4.55 Å².